The van der Waals surface area contributed by atoms with Gasteiger partial charge in [-0.15, -0.1) is 0 Å². The van der Waals surface area contributed by atoms with Crippen LogP contribution in [0.5, 0.6) is 0 Å². The molecule has 0 fully saturated rings. The van der Waals surface area contributed by atoms with Gasteiger partial charge in [0.2, 0.25) is 0 Å². The fourth-order valence-corrected chi connectivity index (χ4v) is 2.47. The summed E-state index contributed by atoms with van der Waals surface area (Å²) in [5.74, 6) is 0.731. The number of rotatable bonds is 2. The molecule has 4 rings (SSSR count). The molecular formula is C15H10N6. The molecule has 0 spiro atoms. The van der Waals surface area contributed by atoms with E-state index in [0.29, 0.717) is 12.3 Å². The van der Waals surface area contributed by atoms with Crippen molar-refractivity contribution in [3.8, 4) is 6.07 Å². The van der Waals surface area contributed by atoms with E-state index in [1.807, 2.05) is 30.5 Å². The Morgan fingerprint density at radius 1 is 1.24 bits per heavy atom. The summed E-state index contributed by atoms with van der Waals surface area (Å²) in [6.45, 7) is 0.577. The smallest absolute Gasteiger partial charge is 0.143 e. The number of benzene rings is 1. The molecule has 0 radical (unpaired) electrons. The monoisotopic (exact) mass is 274 g/mol. The van der Waals surface area contributed by atoms with Crippen LogP contribution >= 0.6 is 0 Å². The van der Waals surface area contributed by atoms with E-state index in [9.17, 15) is 0 Å². The van der Waals surface area contributed by atoms with Gasteiger partial charge in [0.1, 0.15) is 29.6 Å². The summed E-state index contributed by atoms with van der Waals surface area (Å²) in [5, 5.41) is 13.3. The number of anilines is 2. The van der Waals surface area contributed by atoms with Crippen LogP contribution < -0.4 is 5.32 Å². The van der Waals surface area contributed by atoms with Gasteiger partial charge in [-0.3, -0.25) is 4.99 Å². The van der Waals surface area contributed by atoms with Crippen LogP contribution in [0.3, 0.4) is 0 Å². The fraction of sp³-hybridized carbons (Fsp3) is 0.0667. The van der Waals surface area contributed by atoms with Crippen molar-refractivity contribution >= 4 is 28.3 Å². The number of H-pyrrole nitrogens is 1. The van der Waals surface area contributed by atoms with Gasteiger partial charge in [0.15, 0.2) is 0 Å². The number of nitriles is 1. The Balaban J connectivity index is 1.74. The number of fused-ring (bicyclic) bond motifs is 2. The van der Waals surface area contributed by atoms with Crippen molar-refractivity contribution in [1.82, 2.24) is 15.0 Å². The molecule has 1 aromatic carbocycles. The van der Waals surface area contributed by atoms with E-state index < -0.39 is 0 Å². The molecule has 3 heterocycles. The first-order valence-corrected chi connectivity index (χ1v) is 6.48. The van der Waals surface area contributed by atoms with Gasteiger partial charge in [-0.2, -0.15) is 5.26 Å². The van der Waals surface area contributed by atoms with Crippen LogP contribution in [-0.4, -0.2) is 20.7 Å². The molecule has 0 bridgehead atoms. The Hall–Kier alpha value is -3.20. The van der Waals surface area contributed by atoms with Crippen molar-refractivity contribution in [3.63, 3.8) is 0 Å². The summed E-state index contributed by atoms with van der Waals surface area (Å²) in [6, 6.07) is 9.94. The summed E-state index contributed by atoms with van der Waals surface area (Å²) in [4.78, 5) is 15.7. The Labute approximate surface area is 120 Å². The lowest BCUT2D eigenvalue weighted by Gasteiger charge is -2.08. The zero-order valence-corrected chi connectivity index (χ0v) is 11.0. The lowest BCUT2D eigenvalue weighted by Crippen LogP contribution is -1.99. The van der Waals surface area contributed by atoms with Gasteiger partial charge >= 0.3 is 0 Å². The quantitative estimate of drug-likeness (QED) is 0.751. The predicted molar refractivity (Wildman–Crippen MR) is 79.5 cm³/mol. The molecule has 0 unspecified atom stereocenters. The molecule has 100 valence electrons. The Kier molecular flexibility index (Phi) is 2.44. The maximum absolute atomic E-state index is 9.08. The lowest BCUT2D eigenvalue weighted by atomic mass is 10.1. The van der Waals surface area contributed by atoms with E-state index >= 15 is 0 Å². The topological polar surface area (TPSA) is 89.8 Å². The van der Waals surface area contributed by atoms with Crippen LogP contribution in [-0.2, 0) is 6.54 Å². The summed E-state index contributed by atoms with van der Waals surface area (Å²) < 4.78 is 0. The molecule has 0 saturated heterocycles. The number of aromatic amines is 1. The largest absolute Gasteiger partial charge is 0.346 e. The Bertz CT molecular complexity index is 915. The molecule has 0 aliphatic carbocycles. The van der Waals surface area contributed by atoms with Gasteiger partial charge in [-0.1, -0.05) is 6.07 Å². The van der Waals surface area contributed by atoms with E-state index in [0.717, 1.165) is 33.7 Å². The average Bonchev–Trinajstić information content (AvgIpc) is 3.13. The van der Waals surface area contributed by atoms with Crippen molar-refractivity contribution in [1.29, 1.82) is 5.26 Å². The Morgan fingerprint density at radius 3 is 3.10 bits per heavy atom. The highest BCUT2D eigenvalue weighted by Crippen LogP contribution is 2.26. The molecule has 3 aromatic rings. The van der Waals surface area contributed by atoms with E-state index in [2.05, 4.69) is 31.3 Å². The second kappa shape index (κ2) is 4.42. The van der Waals surface area contributed by atoms with Gasteiger partial charge in [0, 0.05) is 17.4 Å². The summed E-state index contributed by atoms with van der Waals surface area (Å²) >= 11 is 0. The van der Waals surface area contributed by atoms with Crippen LogP contribution in [0.15, 0.2) is 41.8 Å². The van der Waals surface area contributed by atoms with Crippen molar-refractivity contribution in [2.45, 2.75) is 6.54 Å². The van der Waals surface area contributed by atoms with Crippen molar-refractivity contribution in [2.75, 3.05) is 5.32 Å². The highest BCUT2D eigenvalue weighted by molar-refractivity contribution is 6.14. The van der Waals surface area contributed by atoms with Crippen LogP contribution in [0.2, 0.25) is 0 Å². The third-order valence-electron chi connectivity index (χ3n) is 3.50. The molecule has 0 saturated carbocycles. The highest BCUT2D eigenvalue weighted by Gasteiger charge is 2.16. The van der Waals surface area contributed by atoms with Gasteiger partial charge in [-0.05, 0) is 23.8 Å². The third-order valence-corrected chi connectivity index (χ3v) is 3.50. The maximum atomic E-state index is 9.08. The first kappa shape index (κ1) is 11.6. The molecule has 1 aliphatic rings. The van der Waals surface area contributed by atoms with Crippen LogP contribution in [0.25, 0.3) is 11.0 Å². The van der Waals surface area contributed by atoms with Gasteiger partial charge in [0.05, 0.1) is 11.9 Å². The molecule has 2 aromatic heterocycles. The molecule has 1 aliphatic heterocycles. The SMILES string of the molecule is N#CC1=NCc2ccc(Nc3ncnc4[nH]ccc34)cc21. The van der Waals surface area contributed by atoms with Gasteiger partial charge in [-0.25, -0.2) is 9.97 Å². The van der Waals surface area contributed by atoms with Gasteiger partial charge < -0.3 is 10.3 Å². The standard InChI is InChI=1S/C15H10N6/c16-6-13-12-5-10(2-1-9(12)7-18-13)21-15-11-3-4-17-14(11)19-8-20-15/h1-5,8H,7H2,(H2,17,19,20,21). The minimum Gasteiger partial charge on any atom is -0.346 e. The minimum absolute atomic E-state index is 0.489. The summed E-state index contributed by atoms with van der Waals surface area (Å²) in [5.41, 5.74) is 4.12. The minimum atomic E-state index is 0.489. The Morgan fingerprint density at radius 2 is 2.19 bits per heavy atom. The summed E-state index contributed by atoms with van der Waals surface area (Å²) in [7, 11) is 0. The molecular weight excluding hydrogens is 264 g/mol. The molecule has 0 atom stereocenters. The molecule has 6 nitrogen and oxygen atoms in total. The first-order valence-electron chi connectivity index (χ1n) is 6.48. The number of hydrogen-bond acceptors (Lipinski definition) is 5. The number of nitrogens with zero attached hydrogens (tertiary/aromatic N) is 4. The number of hydrogen-bond donors (Lipinski definition) is 2. The van der Waals surface area contributed by atoms with Crippen LogP contribution in [0.4, 0.5) is 11.5 Å². The van der Waals surface area contributed by atoms with Gasteiger partial charge in [0.25, 0.3) is 0 Å². The maximum Gasteiger partial charge on any atom is 0.143 e. The fourth-order valence-electron chi connectivity index (χ4n) is 2.47. The first-order chi connectivity index (χ1) is 10.3. The van der Waals surface area contributed by atoms with E-state index in [-0.39, 0.29) is 0 Å². The molecule has 0 amide bonds. The summed E-state index contributed by atoms with van der Waals surface area (Å²) in [6.07, 6.45) is 3.34. The van der Waals surface area contributed by atoms with Crippen molar-refractivity contribution in [3.05, 3.63) is 47.9 Å². The number of aliphatic imine (C=N–C) groups is 1. The van der Waals surface area contributed by atoms with E-state index in [4.69, 9.17) is 5.26 Å². The second-order valence-electron chi connectivity index (χ2n) is 4.74. The molecule has 21 heavy (non-hydrogen) atoms. The normalized spacial score (nSPS) is 12.8. The number of aromatic nitrogens is 3. The lowest BCUT2D eigenvalue weighted by molar-refractivity contribution is 1.11. The average molecular weight is 274 g/mol. The van der Waals surface area contributed by atoms with E-state index in [1.165, 1.54) is 6.33 Å². The predicted octanol–water partition coefficient (Wildman–Crippen LogP) is 2.53. The zero-order chi connectivity index (χ0) is 14.2. The van der Waals surface area contributed by atoms with Crippen LogP contribution in [0, 0.1) is 11.3 Å². The molecule has 2 N–H and O–H groups in total. The van der Waals surface area contributed by atoms with E-state index in [1.54, 1.807) is 0 Å². The number of nitrogens with one attached hydrogen (secondary N) is 2. The zero-order valence-electron chi connectivity index (χ0n) is 11.0. The highest BCUT2D eigenvalue weighted by atomic mass is 15.0. The third kappa shape index (κ3) is 1.83. The van der Waals surface area contributed by atoms with Crippen LogP contribution in [0.1, 0.15) is 11.1 Å². The molecule has 6 heteroatoms. The second-order valence-corrected chi connectivity index (χ2v) is 4.74. The van der Waals surface area contributed by atoms with Crippen molar-refractivity contribution < 1.29 is 0 Å². The van der Waals surface area contributed by atoms with Crippen molar-refractivity contribution in [2.24, 2.45) is 4.99 Å².